The number of ketones is 1. The Morgan fingerprint density at radius 3 is 2.66 bits per heavy atom. The van der Waals surface area contributed by atoms with Crippen LogP contribution in [0, 0.1) is 6.92 Å². The van der Waals surface area contributed by atoms with Crippen LogP contribution < -0.4 is 14.2 Å². The van der Waals surface area contributed by atoms with Crippen LogP contribution in [0.2, 0.25) is 0 Å². The van der Waals surface area contributed by atoms with Crippen molar-refractivity contribution in [2.24, 2.45) is 0 Å². The maximum Gasteiger partial charge on any atom is 0.375 e. The molecule has 208 valence electrons. The van der Waals surface area contributed by atoms with Crippen LogP contribution in [0.25, 0.3) is 17.2 Å². The summed E-state index contributed by atoms with van der Waals surface area (Å²) in [7, 11) is 0. The van der Waals surface area contributed by atoms with Gasteiger partial charge in [-0.25, -0.2) is 0 Å². The van der Waals surface area contributed by atoms with E-state index in [-0.39, 0.29) is 35.9 Å². The van der Waals surface area contributed by atoms with Gasteiger partial charge in [0.15, 0.2) is 12.3 Å². The Hall–Kier alpha value is -4.18. The molecule has 1 aromatic heterocycles. The minimum absolute atomic E-state index is 0.0662. The molecule has 8 nitrogen and oxygen atoms in total. The highest BCUT2D eigenvalue weighted by atomic mass is 79.9. The molecular formula is C32H28BrN2O6+. The summed E-state index contributed by atoms with van der Waals surface area (Å²) in [6.07, 6.45) is 3.15. The van der Waals surface area contributed by atoms with Gasteiger partial charge in [-0.2, -0.15) is 4.57 Å². The number of fused-ring (bicyclic) bond motifs is 2. The number of aliphatic hydroxyl groups is 2. The number of hydrogen-bond acceptors (Lipinski definition) is 7. The van der Waals surface area contributed by atoms with Crippen molar-refractivity contribution in [3.8, 4) is 5.75 Å². The first kappa shape index (κ1) is 27.0. The van der Waals surface area contributed by atoms with Gasteiger partial charge in [0.05, 0.1) is 42.7 Å². The fraction of sp³-hybridized carbons (Fsp3) is 0.188. The van der Waals surface area contributed by atoms with E-state index in [4.69, 9.17) is 19.0 Å². The maximum atomic E-state index is 13.3. The molecule has 0 saturated heterocycles. The minimum Gasteiger partial charge on any atom is -0.506 e. The SMILES string of the molecule is Cc1ccc2c(c1)oc(/C=C1/C(=O)C(/C=C3/Oc4cc(Br)ccc4N3CCOCCO)=C1O)[n+]2Cc1ccccc1. The van der Waals surface area contributed by atoms with E-state index < -0.39 is 0 Å². The number of aryl methyl sites for hydroxylation is 1. The summed E-state index contributed by atoms with van der Waals surface area (Å²) in [5.41, 5.74) is 4.88. The van der Waals surface area contributed by atoms with Crippen molar-refractivity contribution in [3.63, 3.8) is 0 Å². The van der Waals surface area contributed by atoms with Crippen LogP contribution in [0.4, 0.5) is 5.69 Å². The fourth-order valence-electron chi connectivity index (χ4n) is 4.95. The number of carbonyl (C=O) groups is 1. The zero-order chi connectivity index (χ0) is 28.5. The molecule has 1 aliphatic heterocycles. The van der Waals surface area contributed by atoms with E-state index in [9.17, 15) is 9.90 Å². The lowest BCUT2D eigenvalue weighted by Gasteiger charge is -2.21. The quantitative estimate of drug-likeness (QED) is 0.148. The van der Waals surface area contributed by atoms with E-state index >= 15 is 0 Å². The van der Waals surface area contributed by atoms with E-state index in [2.05, 4.69) is 15.9 Å². The van der Waals surface area contributed by atoms with Crippen LogP contribution in [0.5, 0.6) is 5.75 Å². The molecule has 1 aliphatic carbocycles. The number of carbonyl (C=O) groups excluding carboxylic acids is 1. The van der Waals surface area contributed by atoms with Gasteiger partial charge in [-0.05, 0) is 36.8 Å². The van der Waals surface area contributed by atoms with Crippen molar-refractivity contribution < 1.29 is 33.5 Å². The summed E-state index contributed by atoms with van der Waals surface area (Å²) < 4.78 is 20.5. The lowest BCUT2D eigenvalue weighted by Crippen LogP contribution is -2.36. The maximum absolute atomic E-state index is 13.3. The summed E-state index contributed by atoms with van der Waals surface area (Å²) in [6.45, 7) is 3.47. The molecule has 6 rings (SSSR count). The first-order chi connectivity index (χ1) is 19.9. The monoisotopic (exact) mass is 615 g/mol. The van der Waals surface area contributed by atoms with Gasteiger partial charge in [0.25, 0.3) is 5.52 Å². The van der Waals surface area contributed by atoms with Crippen LogP contribution >= 0.6 is 15.9 Å². The van der Waals surface area contributed by atoms with E-state index in [0.717, 1.165) is 26.8 Å². The van der Waals surface area contributed by atoms with E-state index in [1.54, 1.807) is 12.2 Å². The number of anilines is 1. The Morgan fingerprint density at radius 1 is 1.05 bits per heavy atom. The van der Waals surface area contributed by atoms with Crippen molar-refractivity contribution in [2.45, 2.75) is 13.5 Å². The molecule has 2 aliphatic rings. The molecule has 0 fully saturated rings. The number of aliphatic hydroxyl groups excluding tert-OH is 2. The highest BCUT2D eigenvalue weighted by Gasteiger charge is 2.37. The van der Waals surface area contributed by atoms with E-state index in [0.29, 0.717) is 42.8 Å². The van der Waals surface area contributed by atoms with Crippen LogP contribution in [0.1, 0.15) is 17.0 Å². The van der Waals surface area contributed by atoms with Gasteiger partial charge in [0, 0.05) is 28.7 Å². The third-order valence-corrected chi connectivity index (χ3v) is 7.49. The van der Waals surface area contributed by atoms with Crippen molar-refractivity contribution >= 4 is 44.6 Å². The predicted molar refractivity (Wildman–Crippen MR) is 157 cm³/mol. The third kappa shape index (κ3) is 5.31. The average molecular weight is 616 g/mol. The van der Waals surface area contributed by atoms with Crippen molar-refractivity contribution in [3.05, 3.63) is 117 Å². The number of hydrogen-bond donors (Lipinski definition) is 2. The highest BCUT2D eigenvalue weighted by molar-refractivity contribution is 9.10. The molecule has 0 saturated carbocycles. The second-order valence-electron chi connectivity index (χ2n) is 9.82. The zero-order valence-corrected chi connectivity index (χ0v) is 23.9. The molecule has 0 atom stereocenters. The van der Waals surface area contributed by atoms with Gasteiger partial charge in [-0.1, -0.05) is 52.3 Å². The number of Topliss-reactive ketones (excluding diaryl/α,β-unsaturated/α-hetero) is 1. The normalized spacial score (nSPS) is 16.6. The molecule has 0 radical (unpaired) electrons. The second-order valence-corrected chi connectivity index (χ2v) is 10.7. The molecule has 0 amide bonds. The van der Waals surface area contributed by atoms with Crippen molar-refractivity contribution in [2.75, 3.05) is 31.3 Å². The Kier molecular flexibility index (Phi) is 7.49. The minimum atomic E-state index is -0.310. The topological polar surface area (TPSA) is 96.2 Å². The third-order valence-electron chi connectivity index (χ3n) is 6.99. The number of ether oxygens (including phenoxy) is 2. The first-order valence-electron chi connectivity index (χ1n) is 13.2. The first-order valence-corrected chi connectivity index (χ1v) is 14.0. The summed E-state index contributed by atoms with van der Waals surface area (Å²) >= 11 is 3.46. The Morgan fingerprint density at radius 2 is 1.88 bits per heavy atom. The molecule has 0 unspecified atom stereocenters. The molecule has 3 aromatic carbocycles. The van der Waals surface area contributed by atoms with Gasteiger partial charge in [-0.3, -0.25) is 4.79 Å². The van der Waals surface area contributed by atoms with Gasteiger partial charge in [-0.15, -0.1) is 0 Å². The van der Waals surface area contributed by atoms with E-state index in [1.807, 2.05) is 83.1 Å². The number of benzene rings is 3. The smallest absolute Gasteiger partial charge is 0.375 e. The number of oxazole rings is 1. The number of allylic oxidation sites excluding steroid dienone is 3. The van der Waals surface area contributed by atoms with Gasteiger partial charge in [0.2, 0.25) is 17.2 Å². The number of nitrogens with zero attached hydrogens (tertiary/aromatic N) is 2. The molecular weight excluding hydrogens is 588 g/mol. The number of halogens is 1. The highest BCUT2D eigenvalue weighted by Crippen LogP contribution is 2.42. The van der Waals surface area contributed by atoms with Crippen molar-refractivity contribution in [1.82, 2.24) is 0 Å². The second kappa shape index (κ2) is 11.4. The molecule has 2 heterocycles. The Balaban J connectivity index is 1.34. The van der Waals surface area contributed by atoms with E-state index in [1.165, 1.54) is 0 Å². The number of rotatable bonds is 9. The lowest BCUT2D eigenvalue weighted by atomic mass is 9.87. The summed E-state index contributed by atoms with van der Waals surface area (Å²) in [5, 5.41) is 20.0. The Bertz CT molecular complexity index is 1740. The molecule has 9 heteroatoms. The molecule has 0 bridgehead atoms. The Labute approximate surface area is 245 Å². The van der Waals surface area contributed by atoms with Crippen LogP contribution in [-0.2, 0) is 16.1 Å². The molecule has 41 heavy (non-hydrogen) atoms. The molecule has 0 spiro atoms. The van der Waals surface area contributed by atoms with Crippen molar-refractivity contribution in [1.29, 1.82) is 0 Å². The van der Waals surface area contributed by atoms with Crippen LogP contribution in [0.15, 0.2) is 104 Å². The van der Waals surface area contributed by atoms with Crippen LogP contribution in [0.3, 0.4) is 0 Å². The molecule has 2 N–H and O–H groups in total. The van der Waals surface area contributed by atoms with Gasteiger partial charge >= 0.3 is 5.89 Å². The average Bonchev–Trinajstić information content (AvgIpc) is 3.49. The number of aromatic nitrogens is 1. The van der Waals surface area contributed by atoms with Gasteiger partial charge in [0.1, 0.15) is 5.76 Å². The predicted octanol–water partition coefficient (Wildman–Crippen LogP) is 5.37. The summed E-state index contributed by atoms with van der Waals surface area (Å²) in [5.74, 6) is 1.05. The van der Waals surface area contributed by atoms with Gasteiger partial charge < -0.3 is 29.0 Å². The lowest BCUT2D eigenvalue weighted by molar-refractivity contribution is -0.669. The summed E-state index contributed by atoms with van der Waals surface area (Å²) in [6, 6.07) is 21.6. The zero-order valence-electron chi connectivity index (χ0n) is 22.3. The van der Waals surface area contributed by atoms with Crippen LogP contribution in [-0.4, -0.2) is 42.4 Å². The molecule has 4 aromatic rings. The fourth-order valence-corrected chi connectivity index (χ4v) is 5.29. The standard InChI is InChI=1S/C32H27BrN2O6/c1-20-7-9-26-27(15-20)40-30(35(26)19-21-5-3-2-4-6-21)18-24-31(37)23(32(24)38)17-29-34(11-13-39-14-12-36)25-10-8-22(33)16-28(25)41-29/h2-10,15-18,36H,11-14,19H2,1H3/p+1. The largest absolute Gasteiger partial charge is 0.506 e. The summed E-state index contributed by atoms with van der Waals surface area (Å²) in [4.78, 5) is 15.2.